The standard InChI is InChI=1S/C15H18N2O3/c1-2-3-11-16-15(20)17-13(9-10-14(18)19)12-7-5-4-6-8-12/h4-8,13H,9-11H2,1H3,(H,18,19)(H2,16,17,20). The molecule has 0 aliphatic rings. The summed E-state index contributed by atoms with van der Waals surface area (Å²) < 4.78 is 0. The number of rotatable bonds is 6. The fraction of sp³-hybridized carbons (Fsp3) is 0.333. The van der Waals surface area contributed by atoms with E-state index in [1.807, 2.05) is 30.3 Å². The van der Waals surface area contributed by atoms with Gasteiger partial charge in [-0.15, -0.1) is 5.92 Å². The Balaban J connectivity index is 2.64. The molecule has 0 heterocycles. The zero-order valence-corrected chi connectivity index (χ0v) is 11.3. The van der Waals surface area contributed by atoms with E-state index in [1.54, 1.807) is 6.92 Å². The van der Waals surface area contributed by atoms with E-state index < -0.39 is 5.97 Å². The number of carboxylic acids is 1. The van der Waals surface area contributed by atoms with Gasteiger partial charge in [-0.2, -0.15) is 0 Å². The van der Waals surface area contributed by atoms with Crippen LogP contribution in [0.25, 0.3) is 0 Å². The van der Waals surface area contributed by atoms with E-state index in [9.17, 15) is 9.59 Å². The Morgan fingerprint density at radius 1 is 1.30 bits per heavy atom. The lowest BCUT2D eigenvalue weighted by molar-refractivity contribution is -0.137. The Kier molecular flexibility index (Phi) is 6.69. The van der Waals surface area contributed by atoms with Crippen LogP contribution in [0.1, 0.15) is 31.4 Å². The fourth-order valence-electron chi connectivity index (χ4n) is 1.70. The zero-order valence-electron chi connectivity index (χ0n) is 11.3. The summed E-state index contributed by atoms with van der Waals surface area (Å²) >= 11 is 0. The van der Waals surface area contributed by atoms with Crippen LogP contribution in [0.15, 0.2) is 30.3 Å². The average molecular weight is 274 g/mol. The molecule has 2 amide bonds. The molecule has 0 spiro atoms. The normalized spacial score (nSPS) is 10.8. The maximum Gasteiger partial charge on any atom is 0.316 e. The largest absolute Gasteiger partial charge is 0.481 e. The van der Waals surface area contributed by atoms with Crippen LogP contribution >= 0.6 is 0 Å². The second-order valence-corrected chi connectivity index (χ2v) is 4.15. The van der Waals surface area contributed by atoms with Crippen LogP contribution in [0, 0.1) is 11.8 Å². The molecule has 20 heavy (non-hydrogen) atoms. The second kappa shape index (κ2) is 8.59. The van der Waals surface area contributed by atoms with Crippen molar-refractivity contribution in [1.82, 2.24) is 10.6 Å². The van der Waals surface area contributed by atoms with Crippen molar-refractivity contribution >= 4 is 12.0 Å². The number of aliphatic carboxylic acids is 1. The van der Waals surface area contributed by atoms with E-state index >= 15 is 0 Å². The van der Waals surface area contributed by atoms with Gasteiger partial charge in [0.05, 0.1) is 12.6 Å². The molecule has 1 aromatic rings. The van der Waals surface area contributed by atoms with Gasteiger partial charge in [0, 0.05) is 6.42 Å². The Labute approximate surface area is 118 Å². The average Bonchev–Trinajstić information content (AvgIpc) is 2.44. The topological polar surface area (TPSA) is 78.4 Å². The lowest BCUT2D eigenvalue weighted by Crippen LogP contribution is -2.38. The fourth-order valence-corrected chi connectivity index (χ4v) is 1.70. The van der Waals surface area contributed by atoms with Gasteiger partial charge in [-0.25, -0.2) is 4.79 Å². The maximum absolute atomic E-state index is 11.7. The minimum atomic E-state index is -0.884. The van der Waals surface area contributed by atoms with Gasteiger partial charge in [-0.3, -0.25) is 4.79 Å². The number of benzene rings is 1. The van der Waals surface area contributed by atoms with E-state index in [0.717, 1.165) is 5.56 Å². The summed E-state index contributed by atoms with van der Waals surface area (Å²) in [4.78, 5) is 22.4. The molecule has 0 fully saturated rings. The van der Waals surface area contributed by atoms with E-state index in [1.165, 1.54) is 0 Å². The Hall–Kier alpha value is -2.48. The predicted octanol–water partition coefficient (Wildman–Crippen LogP) is 1.92. The van der Waals surface area contributed by atoms with Crippen molar-refractivity contribution in [2.45, 2.75) is 25.8 Å². The molecule has 0 aromatic heterocycles. The van der Waals surface area contributed by atoms with Gasteiger partial charge in [-0.1, -0.05) is 36.3 Å². The summed E-state index contributed by atoms with van der Waals surface area (Å²) in [6.07, 6.45) is 0.334. The lowest BCUT2D eigenvalue weighted by Gasteiger charge is -2.18. The van der Waals surface area contributed by atoms with E-state index in [-0.39, 0.29) is 25.0 Å². The van der Waals surface area contributed by atoms with Gasteiger partial charge in [0.25, 0.3) is 0 Å². The molecule has 0 saturated carbocycles. The highest BCUT2D eigenvalue weighted by molar-refractivity contribution is 5.75. The van der Waals surface area contributed by atoms with Crippen LogP contribution in [0.4, 0.5) is 4.79 Å². The highest BCUT2D eigenvalue weighted by atomic mass is 16.4. The summed E-state index contributed by atoms with van der Waals surface area (Å²) in [6, 6.07) is 8.61. The highest BCUT2D eigenvalue weighted by Gasteiger charge is 2.15. The van der Waals surface area contributed by atoms with Crippen LogP contribution in [0.3, 0.4) is 0 Å². The number of carbonyl (C=O) groups is 2. The molecule has 0 aliphatic carbocycles. The molecule has 1 rings (SSSR count). The minimum Gasteiger partial charge on any atom is -0.481 e. The van der Waals surface area contributed by atoms with Gasteiger partial charge < -0.3 is 15.7 Å². The van der Waals surface area contributed by atoms with Gasteiger partial charge in [-0.05, 0) is 18.9 Å². The summed E-state index contributed by atoms with van der Waals surface area (Å²) in [5.74, 6) is 4.52. The van der Waals surface area contributed by atoms with Gasteiger partial charge >= 0.3 is 12.0 Å². The van der Waals surface area contributed by atoms with Crippen molar-refractivity contribution in [2.24, 2.45) is 0 Å². The molecular weight excluding hydrogens is 256 g/mol. The first-order valence-electron chi connectivity index (χ1n) is 6.34. The van der Waals surface area contributed by atoms with Crippen LogP contribution in [0.2, 0.25) is 0 Å². The molecule has 1 atom stereocenters. The minimum absolute atomic E-state index is 0.00535. The van der Waals surface area contributed by atoms with E-state index in [0.29, 0.717) is 6.42 Å². The lowest BCUT2D eigenvalue weighted by atomic mass is 10.0. The van der Waals surface area contributed by atoms with Crippen LogP contribution in [-0.4, -0.2) is 23.7 Å². The van der Waals surface area contributed by atoms with E-state index in [2.05, 4.69) is 22.5 Å². The highest BCUT2D eigenvalue weighted by Crippen LogP contribution is 2.18. The first-order valence-corrected chi connectivity index (χ1v) is 6.34. The molecule has 1 aromatic carbocycles. The van der Waals surface area contributed by atoms with Crippen molar-refractivity contribution in [1.29, 1.82) is 0 Å². The molecule has 106 valence electrons. The number of carboxylic acid groups (broad SMARTS) is 1. The van der Waals surface area contributed by atoms with Crippen molar-refractivity contribution in [3.8, 4) is 11.8 Å². The Bertz CT molecular complexity index is 503. The third kappa shape index (κ3) is 5.91. The number of amides is 2. The molecular formula is C15H18N2O3. The number of nitrogens with one attached hydrogen (secondary N) is 2. The van der Waals surface area contributed by atoms with Crippen LogP contribution in [-0.2, 0) is 4.79 Å². The molecule has 0 radical (unpaired) electrons. The predicted molar refractivity (Wildman–Crippen MR) is 76.0 cm³/mol. The Morgan fingerprint density at radius 3 is 2.60 bits per heavy atom. The zero-order chi connectivity index (χ0) is 14.8. The first-order chi connectivity index (χ1) is 9.63. The van der Waals surface area contributed by atoms with Crippen molar-refractivity contribution in [3.05, 3.63) is 35.9 Å². The van der Waals surface area contributed by atoms with Crippen molar-refractivity contribution < 1.29 is 14.7 Å². The van der Waals surface area contributed by atoms with Gasteiger partial charge in [0.1, 0.15) is 0 Å². The third-order valence-corrected chi connectivity index (χ3v) is 2.67. The molecule has 3 N–H and O–H groups in total. The number of hydrogen-bond acceptors (Lipinski definition) is 2. The summed E-state index contributed by atoms with van der Waals surface area (Å²) in [7, 11) is 0. The number of hydrogen-bond donors (Lipinski definition) is 3. The SMILES string of the molecule is CC#CCNC(=O)NC(CCC(=O)O)c1ccccc1. The van der Waals surface area contributed by atoms with Crippen molar-refractivity contribution in [3.63, 3.8) is 0 Å². The van der Waals surface area contributed by atoms with Gasteiger partial charge in [0.15, 0.2) is 0 Å². The maximum atomic E-state index is 11.7. The van der Waals surface area contributed by atoms with Crippen molar-refractivity contribution in [2.75, 3.05) is 6.54 Å². The summed E-state index contributed by atoms with van der Waals surface area (Å²) in [5.41, 5.74) is 0.880. The first kappa shape index (κ1) is 15.6. The monoisotopic (exact) mass is 274 g/mol. The molecule has 0 aliphatic heterocycles. The molecule has 0 saturated heterocycles. The molecule has 5 nitrogen and oxygen atoms in total. The van der Waals surface area contributed by atoms with E-state index in [4.69, 9.17) is 5.11 Å². The second-order valence-electron chi connectivity index (χ2n) is 4.15. The summed E-state index contributed by atoms with van der Waals surface area (Å²) in [6.45, 7) is 1.96. The van der Waals surface area contributed by atoms with Crippen LogP contribution in [0.5, 0.6) is 0 Å². The smallest absolute Gasteiger partial charge is 0.316 e. The molecule has 5 heteroatoms. The molecule has 1 unspecified atom stereocenters. The number of urea groups is 1. The quantitative estimate of drug-likeness (QED) is 0.693. The van der Waals surface area contributed by atoms with Gasteiger partial charge in [0.2, 0.25) is 0 Å². The number of carbonyl (C=O) groups excluding carboxylic acids is 1. The Morgan fingerprint density at radius 2 is 2.00 bits per heavy atom. The molecule has 0 bridgehead atoms. The summed E-state index contributed by atoms with van der Waals surface area (Å²) in [5, 5.41) is 14.1. The van der Waals surface area contributed by atoms with Crippen LogP contribution < -0.4 is 10.6 Å². The third-order valence-electron chi connectivity index (χ3n) is 2.67.